The zero-order valence-electron chi connectivity index (χ0n) is 14.6. The predicted octanol–water partition coefficient (Wildman–Crippen LogP) is 4.51. The molecular weight excluding hydrogens is 390 g/mol. The highest BCUT2D eigenvalue weighted by atomic mass is 79.9. The van der Waals surface area contributed by atoms with Gasteiger partial charge in [-0.25, -0.2) is 0 Å². The molecule has 26 heavy (non-hydrogen) atoms. The van der Waals surface area contributed by atoms with Crippen molar-refractivity contribution in [3.63, 3.8) is 0 Å². The van der Waals surface area contributed by atoms with E-state index in [4.69, 9.17) is 0 Å². The molecule has 0 radical (unpaired) electrons. The molecule has 0 aliphatic carbocycles. The van der Waals surface area contributed by atoms with Gasteiger partial charge in [-0.2, -0.15) is 0 Å². The van der Waals surface area contributed by atoms with Crippen LogP contribution in [-0.2, 0) is 16.0 Å². The first-order valence-corrected chi connectivity index (χ1v) is 9.71. The van der Waals surface area contributed by atoms with Crippen molar-refractivity contribution in [3.05, 3.63) is 76.3 Å². The Kier molecular flexibility index (Phi) is 6.40. The first-order valence-electron chi connectivity index (χ1n) is 8.91. The summed E-state index contributed by atoms with van der Waals surface area (Å²) >= 11 is 3.49. The van der Waals surface area contributed by atoms with E-state index in [0.717, 1.165) is 28.4 Å². The molecule has 0 bridgehead atoms. The number of benzene rings is 2. The van der Waals surface area contributed by atoms with Gasteiger partial charge in [0.15, 0.2) is 5.78 Å². The fraction of sp³-hybridized carbons (Fsp3) is 0.273. The SMILES string of the molecule is O=C(C=Cc1ccccc1Br)C1CCN(C(=O)Cc2ccccc2)CC1. The molecule has 0 atom stereocenters. The van der Waals surface area contributed by atoms with E-state index in [1.807, 2.05) is 65.6 Å². The molecular formula is C22H22BrNO2. The molecule has 0 unspecified atom stereocenters. The van der Waals surface area contributed by atoms with Gasteiger partial charge in [0.25, 0.3) is 0 Å². The maximum Gasteiger partial charge on any atom is 0.226 e. The first-order chi connectivity index (χ1) is 12.6. The second-order valence-electron chi connectivity index (χ2n) is 6.57. The average molecular weight is 412 g/mol. The van der Waals surface area contributed by atoms with Gasteiger partial charge in [-0.1, -0.05) is 70.5 Å². The smallest absolute Gasteiger partial charge is 0.226 e. The number of allylic oxidation sites excluding steroid dienone is 1. The summed E-state index contributed by atoms with van der Waals surface area (Å²) in [5, 5.41) is 0. The van der Waals surface area contributed by atoms with Crippen molar-refractivity contribution in [1.29, 1.82) is 0 Å². The lowest BCUT2D eigenvalue weighted by Crippen LogP contribution is -2.40. The fourth-order valence-electron chi connectivity index (χ4n) is 3.21. The second-order valence-corrected chi connectivity index (χ2v) is 7.43. The Hall–Kier alpha value is -2.20. The lowest BCUT2D eigenvalue weighted by atomic mass is 9.91. The van der Waals surface area contributed by atoms with Crippen LogP contribution >= 0.6 is 15.9 Å². The third-order valence-electron chi connectivity index (χ3n) is 4.78. The molecule has 2 aromatic carbocycles. The van der Waals surface area contributed by atoms with Gasteiger partial charge in [-0.05, 0) is 36.1 Å². The Bertz CT molecular complexity index is 793. The zero-order valence-corrected chi connectivity index (χ0v) is 16.2. The van der Waals surface area contributed by atoms with E-state index in [-0.39, 0.29) is 17.6 Å². The summed E-state index contributed by atoms with van der Waals surface area (Å²) in [7, 11) is 0. The first kappa shape index (κ1) is 18.6. The number of piperidine rings is 1. The largest absolute Gasteiger partial charge is 0.342 e. The number of carbonyl (C=O) groups excluding carboxylic acids is 2. The summed E-state index contributed by atoms with van der Waals surface area (Å²) in [5.74, 6) is 0.302. The van der Waals surface area contributed by atoms with Crippen LogP contribution in [0.1, 0.15) is 24.0 Å². The molecule has 1 saturated heterocycles. The molecule has 0 aromatic heterocycles. The molecule has 4 heteroatoms. The number of carbonyl (C=O) groups is 2. The number of nitrogens with zero attached hydrogens (tertiary/aromatic N) is 1. The van der Waals surface area contributed by atoms with Gasteiger partial charge in [0, 0.05) is 23.5 Å². The Labute approximate surface area is 162 Å². The minimum Gasteiger partial charge on any atom is -0.342 e. The molecule has 134 valence electrons. The minimum atomic E-state index is 0.00881. The molecule has 0 saturated carbocycles. The Morgan fingerprint density at radius 2 is 1.65 bits per heavy atom. The molecule has 1 amide bonds. The Morgan fingerprint density at radius 1 is 1.00 bits per heavy atom. The lowest BCUT2D eigenvalue weighted by Gasteiger charge is -2.31. The van der Waals surface area contributed by atoms with E-state index in [1.165, 1.54) is 0 Å². The van der Waals surface area contributed by atoms with E-state index in [2.05, 4.69) is 15.9 Å². The van der Waals surface area contributed by atoms with E-state index >= 15 is 0 Å². The molecule has 3 rings (SSSR count). The number of hydrogen-bond donors (Lipinski definition) is 0. The van der Waals surface area contributed by atoms with Crippen molar-refractivity contribution in [2.24, 2.45) is 5.92 Å². The monoisotopic (exact) mass is 411 g/mol. The van der Waals surface area contributed by atoms with Gasteiger partial charge in [0.05, 0.1) is 6.42 Å². The molecule has 1 heterocycles. The molecule has 0 N–H and O–H groups in total. The maximum absolute atomic E-state index is 12.4. The summed E-state index contributed by atoms with van der Waals surface area (Å²) in [6.07, 6.45) is 5.44. The molecule has 1 fully saturated rings. The number of rotatable bonds is 5. The highest BCUT2D eigenvalue weighted by Gasteiger charge is 2.26. The van der Waals surface area contributed by atoms with E-state index < -0.39 is 0 Å². The van der Waals surface area contributed by atoms with Crippen LogP contribution in [0.5, 0.6) is 0 Å². The minimum absolute atomic E-state index is 0.00881. The van der Waals surface area contributed by atoms with E-state index in [0.29, 0.717) is 19.5 Å². The summed E-state index contributed by atoms with van der Waals surface area (Å²) < 4.78 is 0.977. The predicted molar refractivity (Wildman–Crippen MR) is 108 cm³/mol. The van der Waals surface area contributed by atoms with Crippen molar-refractivity contribution < 1.29 is 9.59 Å². The van der Waals surface area contributed by atoms with Crippen molar-refractivity contribution >= 4 is 33.7 Å². The molecule has 0 spiro atoms. The van der Waals surface area contributed by atoms with Crippen LogP contribution in [0.3, 0.4) is 0 Å². The van der Waals surface area contributed by atoms with Crippen LogP contribution < -0.4 is 0 Å². The summed E-state index contributed by atoms with van der Waals surface area (Å²) in [4.78, 5) is 26.7. The number of ketones is 1. The van der Waals surface area contributed by atoms with Gasteiger partial charge in [0.2, 0.25) is 5.91 Å². The summed E-state index contributed by atoms with van der Waals surface area (Å²) in [6.45, 7) is 1.32. The van der Waals surface area contributed by atoms with Crippen LogP contribution in [0.2, 0.25) is 0 Å². The number of amides is 1. The van der Waals surface area contributed by atoms with Gasteiger partial charge in [0.1, 0.15) is 0 Å². The Morgan fingerprint density at radius 3 is 2.35 bits per heavy atom. The zero-order chi connectivity index (χ0) is 18.4. The number of halogens is 1. The topological polar surface area (TPSA) is 37.4 Å². The quantitative estimate of drug-likeness (QED) is 0.678. The van der Waals surface area contributed by atoms with E-state index in [1.54, 1.807) is 6.08 Å². The Balaban J connectivity index is 1.51. The molecule has 3 nitrogen and oxygen atoms in total. The van der Waals surface area contributed by atoms with Crippen molar-refractivity contribution in [2.75, 3.05) is 13.1 Å². The van der Waals surface area contributed by atoms with Crippen LogP contribution in [0.4, 0.5) is 0 Å². The van der Waals surface area contributed by atoms with Crippen LogP contribution in [0, 0.1) is 5.92 Å². The third-order valence-corrected chi connectivity index (χ3v) is 5.50. The highest BCUT2D eigenvalue weighted by molar-refractivity contribution is 9.10. The fourth-order valence-corrected chi connectivity index (χ4v) is 3.63. The van der Waals surface area contributed by atoms with Gasteiger partial charge >= 0.3 is 0 Å². The van der Waals surface area contributed by atoms with Crippen LogP contribution in [-0.4, -0.2) is 29.7 Å². The highest BCUT2D eigenvalue weighted by Crippen LogP contribution is 2.21. The third kappa shape index (κ3) is 4.92. The van der Waals surface area contributed by atoms with Crippen molar-refractivity contribution in [3.8, 4) is 0 Å². The second kappa shape index (κ2) is 8.95. The number of likely N-dealkylation sites (tertiary alicyclic amines) is 1. The average Bonchev–Trinajstić information content (AvgIpc) is 2.68. The van der Waals surface area contributed by atoms with Gasteiger partial charge in [-0.3, -0.25) is 9.59 Å². The van der Waals surface area contributed by atoms with Crippen LogP contribution in [0.25, 0.3) is 6.08 Å². The van der Waals surface area contributed by atoms with Gasteiger partial charge < -0.3 is 4.90 Å². The molecule has 2 aromatic rings. The van der Waals surface area contributed by atoms with E-state index in [9.17, 15) is 9.59 Å². The molecule has 1 aliphatic heterocycles. The maximum atomic E-state index is 12.4. The number of hydrogen-bond acceptors (Lipinski definition) is 2. The van der Waals surface area contributed by atoms with Crippen molar-refractivity contribution in [2.45, 2.75) is 19.3 Å². The summed E-state index contributed by atoms with van der Waals surface area (Å²) in [6, 6.07) is 17.6. The normalized spacial score (nSPS) is 15.3. The van der Waals surface area contributed by atoms with Crippen LogP contribution in [0.15, 0.2) is 65.1 Å². The van der Waals surface area contributed by atoms with Crippen molar-refractivity contribution in [1.82, 2.24) is 4.90 Å². The van der Waals surface area contributed by atoms with Gasteiger partial charge in [-0.15, -0.1) is 0 Å². The standard InChI is InChI=1S/C22H22BrNO2/c23-20-9-5-4-8-18(20)10-11-21(25)19-12-14-24(15-13-19)22(26)16-17-6-2-1-3-7-17/h1-11,19H,12-16H2. The lowest BCUT2D eigenvalue weighted by molar-refractivity contribution is -0.133. The molecule has 1 aliphatic rings. The summed E-state index contributed by atoms with van der Waals surface area (Å²) in [5.41, 5.74) is 2.03.